The van der Waals surface area contributed by atoms with Crippen LogP contribution in [0.5, 0.6) is 5.75 Å². The lowest BCUT2D eigenvalue weighted by atomic mass is 10.1. The van der Waals surface area contributed by atoms with E-state index in [9.17, 15) is 4.79 Å². The van der Waals surface area contributed by atoms with Gasteiger partial charge in [0.05, 0.1) is 12.7 Å². The highest BCUT2D eigenvalue weighted by Gasteiger charge is 2.25. The second-order valence-corrected chi connectivity index (χ2v) is 4.60. The molecule has 0 radical (unpaired) electrons. The quantitative estimate of drug-likeness (QED) is 0.793. The van der Waals surface area contributed by atoms with Crippen LogP contribution in [0.2, 0.25) is 0 Å². The number of carbonyl (C=O) groups excluding carboxylic acids is 1. The topological polar surface area (TPSA) is 55.6 Å². The van der Waals surface area contributed by atoms with Gasteiger partial charge in [-0.15, -0.1) is 0 Å². The Hall–Kier alpha value is -1.71. The number of hydrogen-bond donors (Lipinski definition) is 1. The third-order valence-corrected chi connectivity index (χ3v) is 3.20. The molecule has 1 atom stereocenters. The predicted molar refractivity (Wildman–Crippen MR) is 67.1 cm³/mol. The van der Waals surface area contributed by atoms with Crippen molar-refractivity contribution < 1.29 is 9.53 Å². The van der Waals surface area contributed by atoms with E-state index in [4.69, 9.17) is 10.5 Å². The molecule has 92 valence electrons. The van der Waals surface area contributed by atoms with Gasteiger partial charge in [0.25, 0.3) is 5.91 Å². The van der Waals surface area contributed by atoms with Crippen LogP contribution in [0.4, 0.5) is 5.69 Å². The number of nitrogens with zero attached hydrogens (tertiary/aromatic N) is 1. The third kappa shape index (κ3) is 2.35. The molecule has 2 N–H and O–H groups in total. The Morgan fingerprint density at radius 1 is 1.53 bits per heavy atom. The van der Waals surface area contributed by atoms with Crippen molar-refractivity contribution >= 4 is 11.6 Å². The molecule has 4 heteroatoms. The number of methoxy groups -OCH3 is 1. The Balaban J connectivity index is 2.24. The number of nitrogens with two attached hydrogens (primary N) is 1. The number of carbonyl (C=O) groups is 1. The monoisotopic (exact) mass is 234 g/mol. The molecule has 1 amide bonds. The number of nitrogen functional groups attached to an aromatic ring is 1. The number of likely N-dealkylation sites (tertiary alicyclic amines) is 1. The highest BCUT2D eigenvalue weighted by atomic mass is 16.5. The lowest BCUT2D eigenvalue weighted by Gasteiger charge is -2.17. The highest BCUT2D eigenvalue weighted by Crippen LogP contribution is 2.24. The van der Waals surface area contributed by atoms with Crippen molar-refractivity contribution in [1.82, 2.24) is 4.90 Å². The number of ether oxygens (including phenoxy) is 1. The van der Waals surface area contributed by atoms with Gasteiger partial charge >= 0.3 is 0 Å². The van der Waals surface area contributed by atoms with E-state index in [1.54, 1.807) is 25.3 Å². The minimum atomic E-state index is 0.00532. The van der Waals surface area contributed by atoms with Gasteiger partial charge in [-0.3, -0.25) is 4.79 Å². The zero-order valence-corrected chi connectivity index (χ0v) is 10.3. The summed E-state index contributed by atoms with van der Waals surface area (Å²) >= 11 is 0. The van der Waals surface area contributed by atoms with Gasteiger partial charge in [0.2, 0.25) is 0 Å². The van der Waals surface area contributed by atoms with Crippen molar-refractivity contribution in [3.05, 3.63) is 23.8 Å². The number of rotatable bonds is 2. The van der Waals surface area contributed by atoms with Crippen molar-refractivity contribution in [2.75, 3.05) is 25.9 Å². The van der Waals surface area contributed by atoms with Gasteiger partial charge in [0.15, 0.2) is 0 Å². The average molecular weight is 234 g/mol. The molecule has 2 rings (SSSR count). The van der Waals surface area contributed by atoms with Crippen molar-refractivity contribution in [2.45, 2.75) is 13.3 Å². The molecule has 0 aromatic heterocycles. The van der Waals surface area contributed by atoms with E-state index in [0.717, 1.165) is 19.5 Å². The summed E-state index contributed by atoms with van der Waals surface area (Å²) in [4.78, 5) is 14.1. The minimum Gasteiger partial charge on any atom is -0.497 e. The first-order valence-corrected chi connectivity index (χ1v) is 5.84. The maximum atomic E-state index is 12.3. The van der Waals surface area contributed by atoms with Crippen molar-refractivity contribution in [3.8, 4) is 5.75 Å². The van der Waals surface area contributed by atoms with Crippen LogP contribution in [0.3, 0.4) is 0 Å². The van der Waals surface area contributed by atoms with Crippen LogP contribution in [0, 0.1) is 5.92 Å². The van der Waals surface area contributed by atoms with Crippen LogP contribution in [-0.4, -0.2) is 31.0 Å². The van der Waals surface area contributed by atoms with E-state index in [2.05, 4.69) is 6.92 Å². The summed E-state index contributed by atoms with van der Waals surface area (Å²) in [6.45, 7) is 3.79. The summed E-state index contributed by atoms with van der Waals surface area (Å²) < 4.78 is 5.12. The van der Waals surface area contributed by atoms with Crippen molar-refractivity contribution in [3.63, 3.8) is 0 Å². The van der Waals surface area contributed by atoms with Crippen LogP contribution in [0.1, 0.15) is 23.7 Å². The number of anilines is 1. The average Bonchev–Trinajstić information content (AvgIpc) is 2.76. The normalized spacial score (nSPS) is 19.4. The molecule has 0 spiro atoms. The molecule has 17 heavy (non-hydrogen) atoms. The van der Waals surface area contributed by atoms with E-state index in [1.165, 1.54) is 0 Å². The molecule has 1 aromatic carbocycles. The zero-order valence-electron chi connectivity index (χ0n) is 10.3. The molecule has 1 heterocycles. The zero-order chi connectivity index (χ0) is 12.4. The molecule has 1 fully saturated rings. The fourth-order valence-electron chi connectivity index (χ4n) is 2.14. The molecule has 4 nitrogen and oxygen atoms in total. The maximum absolute atomic E-state index is 12.3. The van der Waals surface area contributed by atoms with Crippen molar-refractivity contribution in [2.24, 2.45) is 5.92 Å². The SMILES string of the molecule is COc1ccc(N)c(C(=O)N2CCC(C)C2)c1. The van der Waals surface area contributed by atoms with Crippen LogP contribution >= 0.6 is 0 Å². The van der Waals surface area contributed by atoms with Gasteiger partial charge < -0.3 is 15.4 Å². The molecule has 0 saturated carbocycles. The van der Waals surface area contributed by atoms with E-state index < -0.39 is 0 Å². The predicted octanol–water partition coefficient (Wildman–Crippen LogP) is 1.76. The molecule has 1 aliphatic heterocycles. The first-order valence-electron chi connectivity index (χ1n) is 5.84. The molecule has 1 aromatic rings. The first kappa shape index (κ1) is 11.8. The third-order valence-electron chi connectivity index (χ3n) is 3.20. The van der Waals surface area contributed by atoms with E-state index in [-0.39, 0.29) is 5.91 Å². The van der Waals surface area contributed by atoms with Crippen LogP contribution in [0.15, 0.2) is 18.2 Å². The number of amides is 1. The van der Waals surface area contributed by atoms with Crippen LogP contribution in [-0.2, 0) is 0 Å². The summed E-state index contributed by atoms with van der Waals surface area (Å²) in [7, 11) is 1.58. The smallest absolute Gasteiger partial charge is 0.256 e. The standard InChI is InChI=1S/C13H18N2O2/c1-9-5-6-15(8-9)13(16)11-7-10(17-2)3-4-12(11)14/h3-4,7,9H,5-6,8,14H2,1-2H3. The van der Waals surface area contributed by atoms with E-state index in [1.807, 2.05) is 4.90 Å². The molecule has 1 saturated heterocycles. The van der Waals surface area contributed by atoms with E-state index in [0.29, 0.717) is 22.9 Å². The Labute approximate surface area is 101 Å². The summed E-state index contributed by atoms with van der Waals surface area (Å²) in [6.07, 6.45) is 1.07. The van der Waals surface area contributed by atoms with Gasteiger partial charge in [-0.2, -0.15) is 0 Å². The lowest BCUT2D eigenvalue weighted by Crippen LogP contribution is -2.29. The van der Waals surface area contributed by atoms with Gasteiger partial charge in [-0.1, -0.05) is 6.92 Å². The van der Waals surface area contributed by atoms with Crippen LogP contribution in [0.25, 0.3) is 0 Å². The largest absolute Gasteiger partial charge is 0.497 e. The number of hydrogen-bond acceptors (Lipinski definition) is 3. The lowest BCUT2D eigenvalue weighted by molar-refractivity contribution is 0.0789. The Morgan fingerprint density at radius 2 is 2.29 bits per heavy atom. The Bertz CT molecular complexity index is 431. The van der Waals surface area contributed by atoms with Gasteiger partial charge in [-0.25, -0.2) is 0 Å². The molecular formula is C13H18N2O2. The summed E-state index contributed by atoms with van der Waals surface area (Å²) in [5, 5.41) is 0. The first-order chi connectivity index (χ1) is 8.11. The molecule has 1 aliphatic rings. The highest BCUT2D eigenvalue weighted by molar-refractivity contribution is 5.99. The van der Waals surface area contributed by atoms with Gasteiger partial charge in [0, 0.05) is 18.8 Å². The molecule has 0 bridgehead atoms. The van der Waals surface area contributed by atoms with Gasteiger partial charge in [0.1, 0.15) is 5.75 Å². The molecule has 1 unspecified atom stereocenters. The Kier molecular flexibility index (Phi) is 3.22. The fraction of sp³-hybridized carbons (Fsp3) is 0.462. The summed E-state index contributed by atoms with van der Waals surface area (Å²) in [5.41, 5.74) is 6.89. The second-order valence-electron chi connectivity index (χ2n) is 4.60. The van der Waals surface area contributed by atoms with E-state index >= 15 is 0 Å². The fourth-order valence-corrected chi connectivity index (χ4v) is 2.14. The minimum absolute atomic E-state index is 0.00532. The Morgan fingerprint density at radius 3 is 2.88 bits per heavy atom. The van der Waals surface area contributed by atoms with Gasteiger partial charge in [-0.05, 0) is 30.5 Å². The second kappa shape index (κ2) is 4.65. The van der Waals surface area contributed by atoms with Crippen molar-refractivity contribution in [1.29, 1.82) is 0 Å². The summed E-state index contributed by atoms with van der Waals surface area (Å²) in [6, 6.07) is 5.19. The number of benzene rings is 1. The molecular weight excluding hydrogens is 216 g/mol. The van der Waals surface area contributed by atoms with Crippen LogP contribution < -0.4 is 10.5 Å². The maximum Gasteiger partial charge on any atom is 0.256 e. The molecule has 0 aliphatic carbocycles. The summed E-state index contributed by atoms with van der Waals surface area (Å²) in [5.74, 6) is 1.24.